The number of allylic oxidation sites excluding steroid dienone is 2. The molecule has 0 aromatic carbocycles. The van der Waals surface area contributed by atoms with Crippen molar-refractivity contribution in [1.29, 1.82) is 0 Å². The number of hydrogen-bond acceptors (Lipinski definition) is 2. The van der Waals surface area contributed by atoms with Crippen LogP contribution >= 0.6 is 0 Å². The van der Waals surface area contributed by atoms with E-state index in [1.54, 1.807) is 4.90 Å². The van der Waals surface area contributed by atoms with Gasteiger partial charge in [-0.15, -0.1) is 0 Å². The van der Waals surface area contributed by atoms with Gasteiger partial charge in [-0.1, -0.05) is 12.2 Å². The number of piperidine rings is 1. The van der Waals surface area contributed by atoms with Gasteiger partial charge in [-0.25, -0.2) is 4.90 Å². The highest BCUT2D eigenvalue weighted by Crippen LogP contribution is 2.52. The Balaban J connectivity index is 1.52. The zero-order valence-electron chi connectivity index (χ0n) is 11.2. The summed E-state index contributed by atoms with van der Waals surface area (Å²) in [6, 6.07) is 0. The monoisotopic (exact) mass is 261 g/mol. The first-order valence-electron chi connectivity index (χ1n) is 7.63. The van der Waals surface area contributed by atoms with Crippen molar-refractivity contribution in [3.8, 4) is 0 Å². The van der Waals surface area contributed by atoms with E-state index in [1.807, 2.05) is 0 Å². The van der Waals surface area contributed by atoms with E-state index in [4.69, 9.17) is 0 Å². The molecule has 4 nitrogen and oxygen atoms in total. The lowest BCUT2D eigenvalue weighted by molar-refractivity contribution is -0.912. The normalized spacial score (nSPS) is 41.4. The second-order valence-corrected chi connectivity index (χ2v) is 6.57. The van der Waals surface area contributed by atoms with Crippen molar-refractivity contribution in [2.75, 3.05) is 19.8 Å². The molecule has 2 aliphatic heterocycles. The molecule has 0 aromatic rings. The zero-order valence-corrected chi connectivity index (χ0v) is 11.2. The molecule has 102 valence electrons. The van der Waals surface area contributed by atoms with Gasteiger partial charge in [-0.2, -0.15) is 0 Å². The van der Waals surface area contributed by atoms with Gasteiger partial charge in [0.05, 0.1) is 24.9 Å². The Kier molecular flexibility index (Phi) is 2.56. The molecule has 4 heteroatoms. The molecule has 19 heavy (non-hydrogen) atoms. The van der Waals surface area contributed by atoms with E-state index in [1.165, 1.54) is 24.2 Å². The molecule has 4 rings (SSSR count). The first-order valence-corrected chi connectivity index (χ1v) is 7.63. The lowest BCUT2D eigenvalue weighted by Crippen LogP contribution is -3.14. The molecule has 2 bridgehead atoms. The van der Waals surface area contributed by atoms with Crippen LogP contribution in [-0.2, 0) is 9.59 Å². The number of imide groups is 1. The third-order valence-electron chi connectivity index (χ3n) is 5.50. The van der Waals surface area contributed by atoms with E-state index in [-0.39, 0.29) is 23.7 Å². The predicted octanol–water partition coefficient (Wildman–Crippen LogP) is -0.180. The molecule has 1 N–H and O–H groups in total. The van der Waals surface area contributed by atoms with Gasteiger partial charge in [-0.3, -0.25) is 9.59 Å². The lowest BCUT2D eigenvalue weighted by atomic mass is 9.85. The number of quaternary nitrogens is 1. The Morgan fingerprint density at radius 2 is 1.58 bits per heavy atom. The molecule has 0 unspecified atom stereocenters. The van der Waals surface area contributed by atoms with Crippen LogP contribution in [0.3, 0.4) is 0 Å². The number of amides is 2. The van der Waals surface area contributed by atoms with E-state index in [2.05, 4.69) is 12.2 Å². The van der Waals surface area contributed by atoms with Crippen LogP contribution in [0.4, 0.5) is 0 Å². The molecule has 1 saturated carbocycles. The maximum absolute atomic E-state index is 12.5. The smallest absolute Gasteiger partial charge is 0.238 e. The largest absolute Gasteiger partial charge is 0.317 e. The van der Waals surface area contributed by atoms with E-state index >= 15 is 0 Å². The van der Waals surface area contributed by atoms with Crippen LogP contribution in [0.1, 0.15) is 25.7 Å². The Morgan fingerprint density at radius 1 is 1.00 bits per heavy atom. The molecule has 2 amide bonds. The van der Waals surface area contributed by atoms with Gasteiger partial charge in [0, 0.05) is 0 Å². The van der Waals surface area contributed by atoms with Crippen molar-refractivity contribution in [3.05, 3.63) is 12.2 Å². The van der Waals surface area contributed by atoms with Crippen molar-refractivity contribution in [3.63, 3.8) is 0 Å². The summed E-state index contributed by atoms with van der Waals surface area (Å²) in [5, 5.41) is 0. The third kappa shape index (κ3) is 1.62. The first kappa shape index (κ1) is 11.6. The van der Waals surface area contributed by atoms with Gasteiger partial charge < -0.3 is 4.90 Å². The fraction of sp³-hybridized carbons (Fsp3) is 0.733. The molecular formula is C15H21N2O2+. The van der Waals surface area contributed by atoms with Gasteiger partial charge in [0.2, 0.25) is 11.8 Å². The van der Waals surface area contributed by atoms with E-state index in [0.717, 1.165) is 19.5 Å². The van der Waals surface area contributed by atoms with Crippen LogP contribution in [0, 0.1) is 23.7 Å². The van der Waals surface area contributed by atoms with Crippen LogP contribution in [-0.4, -0.2) is 36.5 Å². The number of carbonyl (C=O) groups is 2. The van der Waals surface area contributed by atoms with Crippen LogP contribution in [0.2, 0.25) is 0 Å². The first-order chi connectivity index (χ1) is 9.25. The summed E-state index contributed by atoms with van der Waals surface area (Å²) in [5.41, 5.74) is 0. The summed E-state index contributed by atoms with van der Waals surface area (Å²) in [5.74, 6) is 0.869. The number of nitrogens with one attached hydrogen (secondary N) is 1. The SMILES string of the molecule is O=C1[C@@H]2[C@H](C(=O)N1C[NH+]1CCCCC1)[C@H]1C=C[C@H]2C1. The number of rotatable bonds is 2. The minimum Gasteiger partial charge on any atom is -0.317 e. The summed E-state index contributed by atoms with van der Waals surface area (Å²) in [7, 11) is 0. The van der Waals surface area contributed by atoms with Gasteiger partial charge in [-0.05, 0) is 37.5 Å². The molecule has 2 saturated heterocycles. The van der Waals surface area contributed by atoms with Crippen LogP contribution in [0.5, 0.6) is 0 Å². The number of fused-ring (bicyclic) bond motifs is 5. The van der Waals surface area contributed by atoms with Gasteiger partial charge in [0.25, 0.3) is 0 Å². The molecule has 4 aliphatic rings. The Morgan fingerprint density at radius 3 is 2.16 bits per heavy atom. The lowest BCUT2D eigenvalue weighted by Gasteiger charge is -2.27. The average molecular weight is 261 g/mol. The predicted molar refractivity (Wildman–Crippen MR) is 69.0 cm³/mol. The fourth-order valence-corrected chi connectivity index (χ4v) is 4.55. The number of likely N-dealkylation sites (tertiary alicyclic amines) is 2. The van der Waals surface area contributed by atoms with Crippen LogP contribution < -0.4 is 4.90 Å². The highest BCUT2D eigenvalue weighted by Gasteiger charge is 2.59. The molecule has 2 aliphatic carbocycles. The second kappa shape index (κ2) is 4.17. The van der Waals surface area contributed by atoms with Crippen molar-refractivity contribution in [2.24, 2.45) is 23.7 Å². The van der Waals surface area contributed by atoms with Gasteiger partial charge in [0.1, 0.15) is 0 Å². The molecular weight excluding hydrogens is 240 g/mol. The molecule has 2 heterocycles. The Bertz CT molecular complexity index is 423. The summed E-state index contributed by atoms with van der Waals surface area (Å²) in [6.45, 7) is 2.83. The molecule has 0 aromatic heterocycles. The van der Waals surface area contributed by atoms with E-state index in [9.17, 15) is 9.59 Å². The number of nitrogens with zero attached hydrogens (tertiary/aromatic N) is 1. The standard InChI is InChI=1S/C15H20N2O2/c18-14-12-10-4-5-11(8-10)13(12)15(19)17(14)9-16-6-2-1-3-7-16/h4-5,10-13H,1-3,6-9H2/p+1/t10-,11-,12-,13+/m0/s1. The number of carbonyl (C=O) groups excluding carboxylic acids is 2. The van der Waals surface area contributed by atoms with Crippen molar-refractivity contribution in [2.45, 2.75) is 25.7 Å². The topological polar surface area (TPSA) is 41.8 Å². The summed E-state index contributed by atoms with van der Waals surface area (Å²) in [4.78, 5) is 28.0. The minimum atomic E-state index is -0.0216. The van der Waals surface area contributed by atoms with Crippen molar-refractivity contribution >= 4 is 11.8 Å². The summed E-state index contributed by atoms with van der Waals surface area (Å²) >= 11 is 0. The summed E-state index contributed by atoms with van der Waals surface area (Å²) in [6.07, 6.45) is 9.10. The fourth-order valence-electron chi connectivity index (χ4n) is 4.55. The molecule has 4 atom stereocenters. The molecule has 0 spiro atoms. The van der Waals surface area contributed by atoms with Gasteiger partial charge >= 0.3 is 0 Å². The highest BCUT2D eigenvalue weighted by molar-refractivity contribution is 6.06. The van der Waals surface area contributed by atoms with E-state index < -0.39 is 0 Å². The van der Waals surface area contributed by atoms with Crippen LogP contribution in [0.15, 0.2) is 12.2 Å². The van der Waals surface area contributed by atoms with Crippen LogP contribution in [0.25, 0.3) is 0 Å². The maximum atomic E-state index is 12.5. The second-order valence-electron chi connectivity index (χ2n) is 6.57. The third-order valence-corrected chi connectivity index (χ3v) is 5.50. The Labute approximate surface area is 113 Å². The zero-order chi connectivity index (χ0) is 13.0. The Hall–Kier alpha value is -1.16. The molecule has 0 radical (unpaired) electrons. The maximum Gasteiger partial charge on any atom is 0.238 e. The molecule has 3 fully saturated rings. The minimum absolute atomic E-state index is 0.0216. The number of hydrogen-bond donors (Lipinski definition) is 1. The van der Waals surface area contributed by atoms with Crippen molar-refractivity contribution < 1.29 is 14.5 Å². The van der Waals surface area contributed by atoms with Gasteiger partial charge in [0.15, 0.2) is 6.67 Å². The van der Waals surface area contributed by atoms with Crippen molar-refractivity contribution in [1.82, 2.24) is 4.90 Å². The highest BCUT2D eigenvalue weighted by atomic mass is 16.2. The average Bonchev–Trinajstić information content (AvgIpc) is 3.10. The quantitative estimate of drug-likeness (QED) is 0.553. The summed E-state index contributed by atoms with van der Waals surface area (Å²) < 4.78 is 0. The van der Waals surface area contributed by atoms with E-state index in [0.29, 0.717) is 18.5 Å².